The molecule has 2 aromatic rings. The van der Waals surface area contributed by atoms with Crippen molar-refractivity contribution in [2.24, 2.45) is 0 Å². The van der Waals surface area contributed by atoms with E-state index < -0.39 is 12.7 Å². The maximum Gasteiger partial charge on any atom is 0.405 e. The zero-order valence-electron chi connectivity index (χ0n) is 9.21. The van der Waals surface area contributed by atoms with Crippen LogP contribution in [0.4, 0.5) is 24.0 Å². The third-order valence-electron chi connectivity index (χ3n) is 2.00. The molecule has 0 saturated carbocycles. The minimum absolute atomic E-state index is 0.194. The Morgan fingerprint density at radius 2 is 2.17 bits per heavy atom. The average Bonchev–Trinajstić information content (AvgIpc) is 2.81. The third kappa shape index (κ3) is 2.91. The molecule has 0 atom stereocenters. The summed E-state index contributed by atoms with van der Waals surface area (Å²) in [5, 5.41) is 4.97. The number of rotatable bonds is 3. The number of nitrogens with one attached hydrogen (secondary N) is 1. The molecule has 0 radical (unpaired) electrons. The molecule has 2 heterocycles. The molecule has 2 aromatic heterocycles. The van der Waals surface area contributed by atoms with Gasteiger partial charge in [-0.25, -0.2) is 4.98 Å². The van der Waals surface area contributed by atoms with E-state index in [0.29, 0.717) is 15.6 Å². The maximum atomic E-state index is 12.2. The molecule has 0 fully saturated rings. The van der Waals surface area contributed by atoms with Crippen LogP contribution in [0.5, 0.6) is 0 Å². The summed E-state index contributed by atoms with van der Waals surface area (Å²) >= 11 is 2.22. The van der Waals surface area contributed by atoms with Gasteiger partial charge < -0.3 is 11.1 Å². The normalized spacial score (nSPS) is 11.8. The molecule has 0 spiro atoms. The van der Waals surface area contributed by atoms with Crippen LogP contribution in [-0.4, -0.2) is 22.1 Å². The van der Waals surface area contributed by atoms with E-state index in [9.17, 15) is 13.2 Å². The summed E-state index contributed by atoms with van der Waals surface area (Å²) in [6.45, 7) is 0.685. The molecule has 0 aliphatic rings. The lowest BCUT2D eigenvalue weighted by Gasteiger charge is -2.08. The number of anilines is 2. The lowest BCUT2D eigenvalue weighted by molar-refractivity contribution is -0.115. The maximum absolute atomic E-state index is 12.2. The van der Waals surface area contributed by atoms with Crippen LogP contribution in [0, 0.1) is 6.92 Å². The summed E-state index contributed by atoms with van der Waals surface area (Å²) in [6, 6.07) is 0. The highest BCUT2D eigenvalue weighted by atomic mass is 32.1. The van der Waals surface area contributed by atoms with Crippen molar-refractivity contribution >= 4 is 33.7 Å². The summed E-state index contributed by atoms with van der Waals surface area (Å²) in [7, 11) is 0. The number of aryl methyl sites for hydroxylation is 1. The molecule has 2 rings (SSSR count). The van der Waals surface area contributed by atoms with Gasteiger partial charge in [0.2, 0.25) is 0 Å². The first kappa shape index (κ1) is 13.1. The van der Waals surface area contributed by atoms with E-state index in [-0.39, 0.29) is 5.82 Å². The molecular formula is C9H9F3N4S2. The molecule has 0 saturated heterocycles. The second-order valence-corrected chi connectivity index (χ2v) is 5.17. The molecule has 18 heavy (non-hydrogen) atoms. The van der Waals surface area contributed by atoms with Crippen molar-refractivity contribution in [3.8, 4) is 10.6 Å². The van der Waals surface area contributed by atoms with E-state index in [1.54, 1.807) is 12.3 Å². The molecule has 0 aliphatic heterocycles. The van der Waals surface area contributed by atoms with Crippen molar-refractivity contribution in [3.63, 3.8) is 0 Å². The lowest BCUT2D eigenvalue weighted by Crippen LogP contribution is -2.21. The fourth-order valence-corrected chi connectivity index (χ4v) is 2.91. The second-order valence-electron chi connectivity index (χ2n) is 3.53. The van der Waals surface area contributed by atoms with Crippen molar-refractivity contribution in [1.82, 2.24) is 9.36 Å². The highest BCUT2D eigenvalue weighted by Gasteiger charge is 2.28. The second kappa shape index (κ2) is 4.73. The molecular weight excluding hydrogens is 285 g/mol. The van der Waals surface area contributed by atoms with E-state index in [4.69, 9.17) is 5.73 Å². The predicted octanol–water partition coefficient (Wildman–Crippen LogP) is 3.13. The van der Waals surface area contributed by atoms with Crippen LogP contribution >= 0.6 is 22.9 Å². The van der Waals surface area contributed by atoms with Gasteiger partial charge in [-0.15, -0.1) is 11.3 Å². The van der Waals surface area contributed by atoms with Crippen LogP contribution < -0.4 is 11.1 Å². The summed E-state index contributed by atoms with van der Waals surface area (Å²) < 4.78 is 40.4. The predicted molar refractivity (Wildman–Crippen MR) is 66.9 cm³/mol. The Balaban J connectivity index is 2.28. The Morgan fingerprint density at radius 3 is 2.72 bits per heavy atom. The van der Waals surface area contributed by atoms with Gasteiger partial charge in [0.25, 0.3) is 0 Å². The number of hydrogen-bond acceptors (Lipinski definition) is 6. The fraction of sp³-hybridized carbons (Fsp3) is 0.333. The summed E-state index contributed by atoms with van der Waals surface area (Å²) in [5.41, 5.74) is 6.91. The molecule has 0 aliphatic carbocycles. The molecule has 9 heteroatoms. The average molecular weight is 294 g/mol. The Kier molecular flexibility index (Phi) is 3.44. The van der Waals surface area contributed by atoms with E-state index in [1.807, 2.05) is 0 Å². The number of alkyl halides is 3. The first-order valence-electron chi connectivity index (χ1n) is 4.85. The number of nitrogen functional groups attached to an aromatic ring is 1. The van der Waals surface area contributed by atoms with E-state index in [1.165, 1.54) is 11.3 Å². The number of aromatic nitrogens is 2. The molecule has 98 valence electrons. The Hall–Kier alpha value is -1.35. The van der Waals surface area contributed by atoms with Gasteiger partial charge in [-0.3, -0.25) is 0 Å². The Labute approximate surface area is 109 Å². The third-order valence-corrected chi connectivity index (χ3v) is 3.80. The number of nitrogens with two attached hydrogens (primary N) is 1. The molecule has 0 amide bonds. The van der Waals surface area contributed by atoms with Crippen molar-refractivity contribution < 1.29 is 13.2 Å². The molecule has 3 N–H and O–H groups in total. The smallest absolute Gasteiger partial charge is 0.382 e. The van der Waals surface area contributed by atoms with E-state index in [2.05, 4.69) is 14.7 Å². The van der Waals surface area contributed by atoms with E-state index in [0.717, 1.165) is 17.2 Å². The SMILES string of the molecule is Cc1csc(-c2c(N)nsc2NCC(F)(F)F)n1. The van der Waals surface area contributed by atoms with Gasteiger partial charge in [0.15, 0.2) is 0 Å². The largest absolute Gasteiger partial charge is 0.405 e. The minimum atomic E-state index is -4.28. The Bertz CT molecular complexity index is 546. The quantitative estimate of drug-likeness (QED) is 0.913. The number of nitrogens with zero attached hydrogens (tertiary/aromatic N) is 2. The van der Waals surface area contributed by atoms with Gasteiger partial charge in [0, 0.05) is 11.1 Å². The zero-order chi connectivity index (χ0) is 13.3. The van der Waals surface area contributed by atoms with Crippen LogP contribution in [0.3, 0.4) is 0 Å². The number of halogens is 3. The molecule has 0 bridgehead atoms. The highest BCUT2D eigenvalue weighted by molar-refractivity contribution is 7.15. The van der Waals surface area contributed by atoms with Crippen molar-refractivity contribution in [3.05, 3.63) is 11.1 Å². The van der Waals surface area contributed by atoms with Crippen LogP contribution in [0.1, 0.15) is 5.69 Å². The van der Waals surface area contributed by atoms with Crippen molar-refractivity contribution in [2.45, 2.75) is 13.1 Å². The van der Waals surface area contributed by atoms with Crippen molar-refractivity contribution in [1.29, 1.82) is 0 Å². The van der Waals surface area contributed by atoms with Crippen molar-refractivity contribution in [2.75, 3.05) is 17.6 Å². The number of thiazole rings is 1. The number of hydrogen-bond donors (Lipinski definition) is 2. The molecule has 0 unspecified atom stereocenters. The van der Waals surface area contributed by atoms with Crippen LogP contribution in [-0.2, 0) is 0 Å². The first-order valence-corrected chi connectivity index (χ1v) is 6.50. The van der Waals surface area contributed by atoms with Gasteiger partial charge in [-0.2, -0.15) is 17.5 Å². The van der Waals surface area contributed by atoms with Crippen LogP contribution in [0.2, 0.25) is 0 Å². The highest BCUT2D eigenvalue weighted by Crippen LogP contribution is 2.38. The van der Waals surface area contributed by atoms with E-state index >= 15 is 0 Å². The topological polar surface area (TPSA) is 63.8 Å². The summed E-state index contributed by atoms with van der Waals surface area (Å²) in [5.74, 6) is 0.194. The molecule has 0 aromatic carbocycles. The Morgan fingerprint density at radius 1 is 1.44 bits per heavy atom. The van der Waals surface area contributed by atoms with Crippen LogP contribution in [0.15, 0.2) is 5.38 Å². The van der Waals surface area contributed by atoms with Gasteiger partial charge >= 0.3 is 6.18 Å². The fourth-order valence-electron chi connectivity index (χ4n) is 1.28. The standard InChI is InChI=1S/C9H9F3N4S2/c1-4-2-17-8(15-4)5-6(13)16-18-7(5)14-3-9(10,11)12/h2,14H,3H2,1H3,(H2,13,16). The molecule has 4 nitrogen and oxygen atoms in total. The van der Waals surface area contributed by atoms with Gasteiger partial charge in [0.05, 0.1) is 5.56 Å². The van der Waals surface area contributed by atoms with Gasteiger partial charge in [-0.1, -0.05) is 0 Å². The summed E-state index contributed by atoms with van der Waals surface area (Å²) in [6.07, 6.45) is -4.28. The van der Waals surface area contributed by atoms with Gasteiger partial charge in [0.1, 0.15) is 22.4 Å². The lowest BCUT2D eigenvalue weighted by atomic mass is 10.3. The monoisotopic (exact) mass is 294 g/mol. The first-order chi connectivity index (χ1) is 8.37. The minimum Gasteiger partial charge on any atom is -0.382 e. The van der Waals surface area contributed by atoms with Crippen LogP contribution in [0.25, 0.3) is 10.6 Å². The summed E-state index contributed by atoms with van der Waals surface area (Å²) in [4.78, 5) is 4.20. The van der Waals surface area contributed by atoms with Gasteiger partial charge in [-0.05, 0) is 18.5 Å². The zero-order valence-corrected chi connectivity index (χ0v) is 10.8.